The third-order valence-electron chi connectivity index (χ3n) is 7.05. The molecule has 1 N–H and O–H groups in total. The van der Waals surface area contributed by atoms with E-state index in [9.17, 15) is 18.8 Å². The van der Waals surface area contributed by atoms with E-state index in [4.69, 9.17) is 11.6 Å². The summed E-state index contributed by atoms with van der Waals surface area (Å²) < 4.78 is 16.3. The second-order valence-corrected chi connectivity index (χ2v) is 9.89. The maximum atomic E-state index is 14.8. The molecule has 0 radical (unpaired) electrons. The van der Waals surface area contributed by atoms with Gasteiger partial charge in [0.25, 0.3) is 0 Å². The summed E-state index contributed by atoms with van der Waals surface area (Å²) in [5.41, 5.74) is 2.04. The Bertz CT molecular complexity index is 1420. The molecule has 0 unspecified atom stereocenters. The van der Waals surface area contributed by atoms with E-state index in [-0.39, 0.29) is 42.6 Å². The lowest BCUT2D eigenvalue weighted by atomic mass is 10.1. The molecule has 0 bridgehead atoms. The Kier molecular flexibility index (Phi) is 6.38. The van der Waals surface area contributed by atoms with E-state index in [2.05, 4.69) is 10.4 Å². The molecule has 2 heterocycles. The number of ketones is 1. The van der Waals surface area contributed by atoms with Crippen molar-refractivity contribution in [3.05, 3.63) is 70.6 Å². The van der Waals surface area contributed by atoms with E-state index in [1.165, 1.54) is 11.6 Å². The van der Waals surface area contributed by atoms with Gasteiger partial charge in [0.1, 0.15) is 24.1 Å². The summed E-state index contributed by atoms with van der Waals surface area (Å²) in [5, 5.41) is 8.23. The number of carbonyl (C=O) groups is 3. The third kappa shape index (κ3) is 4.53. The molecule has 1 aromatic heterocycles. The minimum Gasteiger partial charge on any atom is -0.348 e. The van der Waals surface area contributed by atoms with Crippen LogP contribution in [0.3, 0.4) is 0 Å². The number of piperidine rings is 1. The predicted molar refractivity (Wildman–Crippen MR) is 135 cm³/mol. The third-order valence-corrected chi connectivity index (χ3v) is 7.29. The summed E-state index contributed by atoms with van der Waals surface area (Å²) >= 11 is 6.00. The number of carbonyl (C=O) groups excluding carboxylic acids is 3. The molecule has 2 amide bonds. The molecule has 7 nitrogen and oxygen atoms in total. The molecule has 3 aromatic rings. The van der Waals surface area contributed by atoms with Gasteiger partial charge in [0, 0.05) is 23.4 Å². The van der Waals surface area contributed by atoms with Gasteiger partial charge >= 0.3 is 0 Å². The number of likely N-dealkylation sites (tertiary alicyclic amines) is 1. The summed E-state index contributed by atoms with van der Waals surface area (Å²) in [6, 6.07) is 13.5. The lowest BCUT2D eigenvalue weighted by Gasteiger charge is -2.27. The van der Waals surface area contributed by atoms with Crippen LogP contribution in [-0.2, 0) is 16.1 Å². The van der Waals surface area contributed by atoms with Crippen molar-refractivity contribution in [2.24, 2.45) is 5.92 Å². The maximum absolute atomic E-state index is 14.8. The fraction of sp³-hybridized carbons (Fsp3) is 0.333. The van der Waals surface area contributed by atoms with E-state index in [1.54, 1.807) is 42.2 Å². The number of nitrogens with one attached hydrogen (secondary N) is 1. The number of rotatable bonds is 7. The predicted octanol–water partition coefficient (Wildman–Crippen LogP) is 4.40. The van der Waals surface area contributed by atoms with Gasteiger partial charge < -0.3 is 10.2 Å². The van der Waals surface area contributed by atoms with Crippen molar-refractivity contribution in [1.29, 1.82) is 0 Å². The van der Waals surface area contributed by atoms with Crippen LogP contribution in [-0.4, -0.2) is 50.9 Å². The highest BCUT2D eigenvalue weighted by Gasteiger charge is 2.56. The van der Waals surface area contributed by atoms with Gasteiger partial charge in [0.15, 0.2) is 5.78 Å². The molecule has 1 saturated carbocycles. The van der Waals surface area contributed by atoms with Crippen molar-refractivity contribution in [3.8, 4) is 0 Å². The first-order valence-corrected chi connectivity index (χ1v) is 12.3. The highest BCUT2D eigenvalue weighted by Crippen LogP contribution is 2.48. The smallest absolute Gasteiger partial charge is 0.245 e. The van der Waals surface area contributed by atoms with E-state index >= 15 is 0 Å². The van der Waals surface area contributed by atoms with Gasteiger partial charge in [-0.1, -0.05) is 41.9 Å². The fourth-order valence-electron chi connectivity index (χ4n) is 5.06. The number of benzene rings is 2. The van der Waals surface area contributed by atoms with E-state index in [0.717, 1.165) is 6.42 Å². The van der Waals surface area contributed by atoms with Crippen LogP contribution >= 0.6 is 11.6 Å². The van der Waals surface area contributed by atoms with Gasteiger partial charge in [0.2, 0.25) is 11.8 Å². The molecule has 1 saturated heterocycles. The quantitative estimate of drug-likeness (QED) is 0.479. The first kappa shape index (κ1) is 24.2. The Morgan fingerprint density at radius 3 is 2.64 bits per heavy atom. The number of hydrogen-bond donors (Lipinski definition) is 1. The van der Waals surface area contributed by atoms with Crippen molar-refractivity contribution in [2.45, 2.75) is 45.3 Å². The maximum Gasteiger partial charge on any atom is 0.245 e. The number of fused-ring (bicyclic) bond motifs is 2. The van der Waals surface area contributed by atoms with Crippen LogP contribution in [0.15, 0.2) is 54.4 Å². The fourth-order valence-corrected chi connectivity index (χ4v) is 5.25. The summed E-state index contributed by atoms with van der Waals surface area (Å²) in [7, 11) is 0. The number of Topliss-reactive ketones (excluding diaryl/α,β-unsaturated/α-hetero) is 1. The molecule has 2 fully saturated rings. The zero-order valence-electron chi connectivity index (χ0n) is 20.0. The van der Waals surface area contributed by atoms with Crippen LogP contribution in [0, 0.1) is 5.92 Å². The van der Waals surface area contributed by atoms with Crippen molar-refractivity contribution in [1.82, 2.24) is 20.0 Å². The Morgan fingerprint density at radius 1 is 1.11 bits per heavy atom. The van der Waals surface area contributed by atoms with Gasteiger partial charge in [-0.25, -0.2) is 4.39 Å². The van der Waals surface area contributed by atoms with Crippen LogP contribution in [0.1, 0.15) is 42.7 Å². The summed E-state index contributed by atoms with van der Waals surface area (Å²) in [4.78, 5) is 40.0. The molecule has 3 atom stereocenters. The molecule has 2 aromatic carbocycles. The van der Waals surface area contributed by atoms with Gasteiger partial charge in [-0.2, -0.15) is 5.10 Å². The molecular formula is C27H26ClFN4O3. The molecule has 0 spiro atoms. The lowest BCUT2D eigenvalue weighted by molar-refractivity contribution is -0.140. The highest BCUT2D eigenvalue weighted by molar-refractivity contribution is 6.30. The number of nitrogens with zero attached hydrogens (tertiary/aromatic N) is 3. The van der Waals surface area contributed by atoms with E-state index in [0.29, 0.717) is 39.2 Å². The Morgan fingerprint density at radius 2 is 1.89 bits per heavy atom. The van der Waals surface area contributed by atoms with Crippen LogP contribution < -0.4 is 5.32 Å². The highest BCUT2D eigenvalue weighted by atomic mass is 35.5. The Labute approximate surface area is 212 Å². The van der Waals surface area contributed by atoms with Crippen molar-refractivity contribution < 1.29 is 18.8 Å². The average molecular weight is 509 g/mol. The Hall–Kier alpha value is -3.52. The van der Waals surface area contributed by atoms with Crippen LogP contribution in [0.25, 0.3) is 16.5 Å². The molecule has 1 aliphatic carbocycles. The number of para-hydroxylation sites is 1. The number of halogens is 2. The molecule has 186 valence electrons. The molecule has 5 rings (SSSR count). The van der Waals surface area contributed by atoms with Crippen LogP contribution in [0.4, 0.5) is 4.39 Å². The SMILES string of the molecule is CC(=O)c1nn(CC(=O)N2[C@@H]3C[C@@H]3C[C@H]2C(=O)NCC(F)=C(C)c2cccc(Cl)c2)c2ccccc12. The zero-order valence-corrected chi connectivity index (χ0v) is 20.8. The van der Waals surface area contributed by atoms with Crippen molar-refractivity contribution in [3.63, 3.8) is 0 Å². The van der Waals surface area contributed by atoms with Gasteiger partial charge in [-0.15, -0.1) is 0 Å². The van der Waals surface area contributed by atoms with E-state index in [1.807, 2.05) is 18.2 Å². The van der Waals surface area contributed by atoms with Crippen LogP contribution in [0.5, 0.6) is 0 Å². The normalized spacial score (nSPS) is 21.2. The van der Waals surface area contributed by atoms with Gasteiger partial charge in [0.05, 0.1) is 12.1 Å². The number of aromatic nitrogens is 2. The largest absolute Gasteiger partial charge is 0.348 e. The number of allylic oxidation sites excluding steroid dienone is 1. The van der Waals surface area contributed by atoms with Gasteiger partial charge in [-0.3, -0.25) is 19.1 Å². The standard InChI is InChI=1S/C27H26ClFN4O3/c1-15(17-6-5-7-19(28)10-17)21(29)13-30-27(36)24-12-18-11-23(18)33(24)25(35)14-32-22-9-4-3-8-20(22)26(31-32)16(2)34/h3-10,18,23-24H,11-14H2,1-2H3,(H,30,36)/t18-,23-,24+/m1/s1. The van der Waals surface area contributed by atoms with Crippen molar-refractivity contribution >= 4 is 45.7 Å². The minimum absolute atomic E-state index is 0.0101. The second-order valence-electron chi connectivity index (χ2n) is 9.45. The minimum atomic E-state index is -0.658. The van der Waals surface area contributed by atoms with Gasteiger partial charge in [-0.05, 0) is 55.0 Å². The molecule has 36 heavy (non-hydrogen) atoms. The summed E-state index contributed by atoms with van der Waals surface area (Å²) in [6.07, 6.45) is 1.41. The molecular weight excluding hydrogens is 483 g/mol. The molecule has 9 heteroatoms. The number of amides is 2. The summed E-state index contributed by atoms with van der Waals surface area (Å²) in [5.74, 6) is -0.984. The monoisotopic (exact) mass is 508 g/mol. The topological polar surface area (TPSA) is 84.3 Å². The zero-order chi connectivity index (χ0) is 25.6. The van der Waals surface area contributed by atoms with E-state index < -0.39 is 11.9 Å². The molecule has 1 aliphatic heterocycles. The Balaban J connectivity index is 1.30. The summed E-state index contributed by atoms with van der Waals surface area (Å²) in [6.45, 7) is 2.73. The number of hydrogen-bond acceptors (Lipinski definition) is 4. The lowest BCUT2D eigenvalue weighted by Crippen LogP contribution is -2.49. The van der Waals surface area contributed by atoms with Crippen LogP contribution in [0.2, 0.25) is 5.02 Å². The van der Waals surface area contributed by atoms with Crippen molar-refractivity contribution in [2.75, 3.05) is 6.54 Å². The average Bonchev–Trinajstić information content (AvgIpc) is 3.36. The second kappa shape index (κ2) is 9.50. The first-order valence-electron chi connectivity index (χ1n) is 11.9. The first-order chi connectivity index (χ1) is 17.2. The molecule has 2 aliphatic rings.